The molecule has 0 spiro atoms. The predicted molar refractivity (Wildman–Crippen MR) is 109 cm³/mol. The van der Waals surface area contributed by atoms with Gasteiger partial charge in [-0.15, -0.1) is 0 Å². The van der Waals surface area contributed by atoms with Crippen LogP contribution in [0, 0.1) is 10.1 Å². The molecule has 1 atom stereocenters. The SMILES string of the molecule is CCCSP(=S)(OCC)Oc1ccc(Oc2ccccc2[N+](=O)[O-])cc1. The molecule has 140 valence electrons. The quantitative estimate of drug-likeness (QED) is 0.262. The highest BCUT2D eigenvalue weighted by molar-refractivity contribution is 8.68. The molecule has 26 heavy (non-hydrogen) atoms. The Kier molecular flexibility index (Phi) is 7.90. The van der Waals surface area contributed by atoms with E-state index in [0.717, 1.165) is 12.2 Å². The van der Waals surface area contributed by atoms with Crippen LogP contribution in [0.2, 0.25) is 0 Å². The zero-order valence-corrected chi connectivity index (χ0v) is 17.0. The minimum absolute atomic E-state index is 0.0874. The summed E-state index contributed by atoms with van der Waals surface area (Å²) in [6.07, 6.45) is 0.988. The Balaban J connectivity index is 2.11. The van der Waals surface area contributed by atoms with Crippen molar-refractivity contribution in [2.24, 2.45) is 0 Å². The number of benzene rings is 2. The molecule has 6 nitrogen and oxygen atoms in total. The van der Waals surface area contributed by atoms with Crippen molar-refractivity contribution in [3.05, 3.63) is 58.6 Å². The largest absolute Gasteiger partial charge is 0.450 e. The average Bonchev–Trinajstić information content (AvgIpc) is 2.62. The first-order valence-electron chi connectivity index (χ1n) is 8.07. The van der Waals surface area contributed by atoms with Gasteiger partial charge in [0.2, 0.25) is 5.75 Å². The number of rotatable bonds is 10. The topological polar surface area (TPSA) is 70.8 Å². The molecule has 0 aliphatic carbocycles. The highest BCUT2D eigenvalue weighted by Crippen LogP contribution is 2.60. The molecular formula is C17H20NO5PS2. The molecule has 0 bridgehead atoms. The first-order chi connectivity index (χ1) is 12.5. The Hall–Kier alpha value is -1.60. The van der Waals surface area contributed by atoms with E-state index in [0.29, 0.717) is 18.1 Å². The maximum atomic E-state index is 11.1. The summed E-state index contributed by atoms with van der Waals surface area (Å²) >= 11 is 7.09. The van der Waals surface area contributed by atoms with Crippen LogP contribution in [0.1, 0.15) is 20.3 Å². The van der Waals surface area contributed by atoms with Gasteiger partial charge in [-0.1, -0.05) is 30.4 Å². The first-order valence-corrected chi connectivity index (χ1v) is 12.3. The van der Waals surface area contributed by atoms with Crippen LogP contribution >= 0.6 is 17.1 Å². The van der Waals surface area contributed by atoms with Crippen molar-refractivity contribution in [2.45, 2.75) is 20.3 Å². The predicted octanol–water partition coefficient (Wildman–Crippen LogP) is 6.17. The van der Waals surface area contributed by atoms with Crippen LogP contribution in [0.25, 0.3) is 0 Å². The zero-order chi connectivity index (χ0) is 19.0. The second kappa shape index (κ2) is 9.92. The van der Waals surface area contributed by atoms with Crippen LogP contribution in [-0.2, 0) is 16.3 Å². The third-order valence-electron chi connectivity index (χ3n) is 3.07. The van der Waals surface area contributed by atoms with Crippen molar-refractivity contribution in [3.63, 3.8) is 0 Å². The lowest BCUT2D eigenvalue weighted by atomic mass is 10.3. The smallest absolute Gasteiger partial charge is 0.311 e. The van der Waals surface area contributed by atoms with Gasteiger partial charge < -0.3 is 13.8 Å². The van der Waals surface area contributed by atoms with Gasteiger partial charge in [0.1, 0.15) is 11.5 Å². The van der Waals surface area contributed by atoms with Crippen LogP contribution in [-0.4, -0.2) is 17.3 Å². The number of nitro benzene ring substituents is 1. The van der Waals surface area contributed by atoms with Gasteiger partial charge in [0.15, 0.2) is 0 Å². The van der Waals surface area contributed by atoms with Gasteiger partial charge >= 0.3 is 5.69 Å². The summed E-state index contributed by atoms with van der Waals surface area (Å²) in [7, 11) is 0. The van der Waals surface area contributed by atoms with Crippen molar-refractivity contribution < 1.29 is 18.7 Å². The van der Waals surface area contributed by atoms with Gasteiger partial charge in [-0.25, -0.2) is 0 Å². The highest BCUT2D eigenvalue weighted by Gasteiger charge is 2.21. The van der Waals surface area contributed by atoms with Crippen molar-refractivity contribution in [3.8, 4) is 17.2 Å². The van der Waals surface area contributed by atoms with E-state index in [1.165, 1.54) is 17.4 Å². The molecule has 0 amide bonds. The molecule has 0 aliphatic heterocycles. The highest BCUT2D eigenvalue weighted by atomic mass is 32.9. The molecule has 2 rings (SSSR count). The third kappa shape index (κ3) is 5.99. The Labute approximate surface area is 161 Å². The standard InChI is InChI=1S/C17H20NO5PS2/c1-3-13-26-24(25,21-4-2)23-15-11-9-14(10-12-15)22-17-8-6-5-7-16(17)18(19)20/h5-12H,3-4,13H2,1-2H3. The minimum Gasteiger partial charge on any atom is -0.450 e. The van der Waals surface area contributed by atoms with Crippen LogP contribution in [0.3, 0.4) is 0 Å². The summed E-state index contributed by atoms with van der Waals surface area (Å²) in [5.74, 6) is 2.11. The van der Waals surface area contributed by atoms with Gasteiger partial charge in [0.25, 0.3) is 5.69 Å². The third-order valence-corrected chi connectivity index (χ3v) is 8.51. The van der Waals surface area contributed by atoms with E-state index < -0.39 is 10.6 Å². The molecular weight excluding hydrogens is 393 g/mol. The van der Waals surface area contributed by atoms with Crippen molar-refractivity contribution >= 4 is 34.6 Å². The van der Waals surface area contributed by atoms with Gasteiger partial charge in [0.05, 0.1) is 11.5 Å². The van der Waals surface area contributed by atoms with E-state index in [9.17, 15) is 10.1 Å². The second-order valence-electron chi connectivity index (χ2n) is 5.09. The lowest BCUT2D eigenvalue weighted by molar-refractivity contribution is -0.385. The second-order valence-corrected chi connectivity index (χ2v) is 11.4. The molecule has 0 aromatic heterocycles. The van der Waals surface area contributed by atoms with Gasteiger partial charge in [-0.3, -0.25) is 10.1 Å². The molecule has 2 aromatic carbocycles. The molecule has 0 saturated carbocycles. The van der Waals surface area contributed by atoms with Crippen molar-refractivity contribution in [1.82, 2.24) is 0 Å². The van der Waals surface area contributed by atoms with Gasteiger partial charge in [0, 0.05) is 11.8 Å². The number of para-hydroxylation sites is 2. The molecule has 2 aromatic rings. The molecule has 0 heterocycles. The lowest BCUT2D eigenvalue weighted by Crippen LogP contribution is -1.96. The lowest BCUT2D eigenvalue weighted by Gasteiger charge is -2.21. The molecule has 0 N–H and O–H groups in total. The molecule has 0 fully saturated rings. The van der Waals surface area contributed by atoms with Gasteiger partial charge in [-0.2, -0.15) is 0 Å². The van der Waals surface area contributed by atoms with Crippen LogP contribution < -0.4 is 9.26 Å². The van der Waals surface area contributed by atoms with E-state index in [1.807, 2.05) is 6.92 Å². The number of nitro groups is 1. The van der Waals surface area contributed by atoms with Crippen molar-refractivity contribution in [1.29, 1.82) is 0 Å². The van der Waals surface area contributed by atoms with Gasteiger partial charge in [-0.05, 0) is 55.5 Å². The first kappa shape index (κ1) is 20.7. The monoisotopic (exact) mass is 413 g/mol. The van der Waals surface area contributed by atoms with Crippen LogP contribution in [0.4, 0.5) is 5.69 Å². The minimum atomic E-state index is -2.44. The number of hydrogen-bond acceptors (Lipinski definition) is 7. The van der Waals surface area contributed by atoms with E-state index in [-0.39, 0.29) is 11.4 Å². The summed E-state index contributed by atoms with van der Waals surface area (Å²) in [5.41, 5.74) is -2.53. The summed E-state index contributed by atoms with van der Waals surface area (Å²) in [6.45, 7) is 4.46. The fourth-order valence-corrected chi connectivity index (χ4v) is 6.67. The molecule has 1 unspecified atom stereocenters. The van der Waals surface area contributed by atoms with E-state index in [2.05, 4.69) is 6.92 Å². The maximum absolute atomic E-state index is 11.1. The molecule has 0 aliphatic rings. The van der Waals surface area contributed by atoms with E-state index in [1.54, 1.807) is 42.5 Å². The maximum Gasteiger partial charge on any atom is 0.311 e. The summed E-state index contributed by atoms with van der Waals surface area (Å²) in [4.78, 5) is 10.6. The molecule has 0 radical (unpaired) electrons. The van der Waals surface area contributed by atoms with Crippen LogP contribution in [0.15, 0.2) is 48.5 Å². The summed E-state index contributed by atoms with van der Waals surface area (Å²) in [5, 5.41) is 11.1. The fourth-order valence-electron chi connectivity index (χ4n) is 1.97. The Morgan fingerprint density at radius 1 is 1.12 bits per heavy atom. The molecule has 0 saturated heterocycles. The Bertz CT molecular complexity index is 785. The van der Waals surface area contributed by atoms with Crippen molar-refractivity contribution in [2.75, 3.05) is 12.4 Å². The normalized spacial score (nSPS) is 13.0. The summed E-state index contributed by atoms with van der Waals surface area (Å²) in [6, 6.07) is 13.0. The number of nitrogens with zero attached hydrogens (tertiary/aromatic N) is 1. The number of hydrogen-bond donors (Lipinski definition) is 0. The molecule has 9 heteroatoms. The number of ether oxygens (including phenoxy) is 1. The Morgan fingerprint density at radius 3 is 2.38 bits per heavy atom. The average molecular weight is 413 g/mol. The fraction of sp³-hybridized carbons (Fsp3) is 0.294. The Morgan fingerprint density at radius 2 is 1.77 bits per heavy atom. The van der Waals surface area contributed by atoms with E-state index >= 15 is 0 Å². The van der Waals surface area contributed by atoms with Crippen LogP contribution in [0.5, 0.6) is 17.2 Å². The zero-order valence-electron chi connectivity index (χ0n) is 14.5. The van der Waals surface area contributed by atoms with E-state index in [4.69, 9.17) is 25.6 Å². The summed E-state index contributed by atoms with van der Waals surface area (Å²) < 4.78 is 17.2.